The van der Waals surface area contributed by atoms with Crippen LogP contribution in [0.25, 0.3) is 0 Å². The zero-order valence-electron chi connectivity index (χ0n) is 10.1. The number of hydrogen-bond acceptors (Lipinski definition) is 1. The van der Waals surface area contributed by atoms with Crippen molar-refractivity contribution in [3.8, 4) is 0 Å². The first-order valence-corrected chi connectivity index (χ1v) is 5.99. The summed E-state index contributed by atoms with van der Waals surface area (Å²) in [6, 6.07) is 8.13. The number of rotatable bonds is 2. The van der Waals surface area contributed by atoms with Crippen molar-refractivity contribution in [1.82, 2.24) is 4.90 Å². The molecule has 0 saturated carbocycles. The van der Waals surface area contributed by atoms with Crippen LogP contribution in [-0.4, -0.2) is 23.9 Å². The quantitative estimate of drug-likeness (QED) is 0.745. The van der Waals surface area contributed by atoms with Gasteiger partial charge < -0.3 is 4.90 Å². The zero-order chi connectivity index (χ0) is 11.5. The van der Waals surface area contributed by atoms with Gasteiger partial charge in [0.05, 0.1) is 6.42 Å². The molecule has 86 valence electrons. The van der Waals surface area contributed by atoms with E-state index in [0.717, 1.165) is 25.1 Å². The van der Waals surface area contributed by atoms with Gasteiger partial charge >= 0.3 is 0 Å². The van der Waals surface area contributed by atoms with E-state index >= 15 is 0 Å². The second kappa shape index (κ2) is 4.69. The van der Waals surface area contributed by atoms with Crippen molar-refractivity contribution in [3.05, 3.63) is 35.4 Å². The van der Waals surface area contributed by atoms with Gasteiger partial charge in [-0.3, -0.25) is 4.79 Å². The topological polar surface area (TPSA) is 20.3 Å². The molecule has 1 aromatic rings. The van der Waals surface area contributed by atoms with Gasteiger partial charge in [-0.25, -0.2) is 0 Å². The number of nitrogens with zero attached hydrogens (tertiary/aromatic N) is 1. The molecule has 16 heavy (non-hydrogen) atoms. The maximum absolute atomic E-state index is 12.0. The molecule has 2 rings (SSSR count). The molecule has 0 aliphatic carbocycles. The molecule has 0 bridgehead atoms. The van der Waals surface area contributed by atoms with Crippen molar-refractivity contribution < 1.29 is 4.79 Å². The minimum Gasteiger partial charge on any atom is -0.342 e. The summed E-state index contributed by atoms with van der Waals surface area (Å²) >= 11 is 0. The fourth-order valence-electron chi connectivity index (χ4n) is 2.24. The van der Waals surface area contributed by atoms with Gasteiger partial charge in [0.1, 0.15) is 0 Å². The van der Waals surface area contributed by atoms with Crippen LogP contribution in [0.2, 0.25) is 0 Å². The fourth-order valence-corrected chi connectivity index (χ4v) is 2.24. The van der Waals surface area contributed by atoms with Crippen LogP contribution < -0.4 is 0 Å². The van der Waals surface area contributed by atoms with Crippen molar-refractivity contribution in [1.29, 1.82) is 0 Å². The van der Waals surface area contributed by atoms with E-state index in [1.165, 1.54) is 5.56 Å². The number of amides is 1. The van der Waals surface area contributed by atoms with Gasteiger partial charge in [0.2, 0.25) is 5.91 Å². The third kappa shape index (κ3) is 2.43. The van der Waals surface area contributed by atoms with E-state index in [9.17, 15) is 4.79 Å². The van der Waals surface area contributed by atoms with Gasteiger partial charge in [0.15, 0.2) is 0 Å². The highest BCUT2D eigenvalue weighted by Gasteiger charge is 2.23. The highest BCUT2D eigenvalue weighted by Crippen LogP contribution is 2.17. The third-order valence-electron chi connectivity index (χ3n) is 3.38. The van der Waals surface area contributed by atoms with E-state index in [0.29, 0.717) is 12.3 Å². The Morgan fingerprint density at radius 2 is 2.19 bits per heavy atom. The highest BCUT2D eigenvalue weighted by molar-refractivity contribution is 5.79. The Labute approximate surface area is 97.3 Å². The van der Waals surface area contributed by atoms with Crippen molar-refractivity contribution >= 4 is 5.91 Å². The van der Waals surface area contributed by atoms with Crippen LogP contribution in [0.1, 0.15) is 24.5 Å². The Balaban J connectivity index is 2.00. The standard InChI is InChI=1S/C14H19NO/c1-11-7-8-15(10-11)14(16)9-13-6-4-3-5-12(13)2/h3-6,11H,7-10H2,1-2H3. The average Bonchev–Trinajstić information content (AvgIpc) is 2.68. The predicted molar refractivity (Wildman–Crippen MR) is 65.2 cm³/mol. The van der Waals surface area contributed by atoms with Gasteiger partial charge in [-0.1, -0.05) is 31.2 Å². The molecule has 0 aromatic heterocycles. The summed E-state index contributed by atoms with van der Waals surface area (Å²) in [5, 5.41) is 0. The van der Waals surface area contributed by atoms with E-state index in [-0.39, 0.29) is 5.91 Å². The molecule has 2 heteroatoms. The molecule has 1 unspecified atom stereocenters. The number of benzene rings is 1. The van der Waals surface area contributed by atoms with Crippen LogP contribution in [0.5, 0.6) is 0 Å². The highest BCUT2D eigenvalue weighted by atomic mass is 16.2. The van der Waals surface area contributed by atoms with Gasteiger partial charge in [-0.2, -0.15) is 0 Å². The summed E-state index contributed by atoms with van der Waals surface area (Å²) in [5.74, 6) is 0.944. The lowest BCUT2D eigenvalue weighted by Gasteiger charge is -2.16. The van der Waals surface area contributed by atoms with Crippen molar-refractivity contribution in [2.75, 3.05) is 13.1 Å². The van der Waals surface area contributed by atoms with Crippen LogP contribution >= 0.6 is 0 Å². The second-order valence-corrected chi connectivity index (χ2v) is 4.84. The first kappa shape index (κ1) is 11.2. The molecule has 0 N–H and O–H groups in total. The molecular formula is C14H19NO. The summed E-state index contributed by atoms with van der Waals surface area (Å²) in [7, 11) is 0. The van der Waals surface area contributed by atoms with Crippen molar-refractivity contribution in [2.24, 2.45) is 5.92 Å². The van der Waals surface area contributed by atoms with Crippen LogP contribution in [0.3, 0.4) is 0 Å². The molecule has 1 aliphatic rings. The number of carbonyl (C=O) groups is 1. The molecule has 0 spiro atoms. The van der Waals surface area contributed by atoms with Gasteiger partial charge in [-0.15, -0.1) is 0 Å². The van der Waals surface area contributed by atoms with Gasteiger partial charge in [0, 0.05) is 13.1 Å². The summed E-state index contributed by atoms with van der Waals surface area (Å²) in [4.78, 5) is 14.0. The van der Waals surface area contributed by atoms with E-state index < -0.39 is 0 Å². The second-order valence-electron chi connectivity index (χ2n) is 4.84. The van der Waals surface area contributed by atoms with Crippen molar-refractivity contribution in [3.63, 3.8) is 0 Å². The Hall–Kier alpha value is -1.31. The lowest BCUT2D eigenvalue weighted by atomic mass is 10.1. The smallest absolute Gasteiger partial charge is 0.227 e. The first-order chi connectivity index (χ1) is 7.66. The lowest BCUT2D eigenvalue weighted by Crippen LogP contribution is -2.30. The summed E-state index contributed by atoms with van der Waals surface area (Å²) in [6.45, 7) is 6.15. The van der Waals surface area contributed by atoms with Crippen LogP contribution in [0, 0.1) is 12.8 Å². The maximum atomic E-state index is 12.0. The Bertz CT molecular complexity index is 386. The number of carbonyl (C=O) groups excluding carboxylic acids is 1. The summed E-state index contributed by atoms with van der Waals surface area (Å²) in [6.07, 6.45) is 1.71. The average molecular weight is 217 g/mol. The molecular weight excluding hydrogens is 198 g/mol. The third-order valence-corrected chi connectivity index (χ3v) is 3.38. The molecule has 1 aliphatic heterocycles. The molecule has 1 fully saturated rings. The van der Waals surface area contributed by atoms with Gasteiger partial charge in [0.25, 0.3) is 0 Å². The molecule has 1 amide bonds. The molecule has 1 atom stereocenters. The number of aryl methyl sites for hydroxylation is 1. The number of likely N-dealkylation sites (tertiary alicyclic amines) is 1. The zero-order valence-corrected chi connectivity index (χ0v) is 10.1. The molecule has 2 nitrogen and oxygen atoms in total. The summed E-state index contributed by atoms with van der Waals surface area (Å²) in [5.41, 5.74) is 2.37. The van der Waals surface area contributed by atoms with E-state index in [1.807, 2.05) is 23.1 Å². The monoisotopic (exact) mass is 217 g/mol. The van der Waals surface area contributed by atoms with Crippen LogP contribution in [0.4, 0.5) is 0 Å². The van der Waals surface area contributed by atoms with Crippen LogP contribution in [-0.2, 0) is 11.2 Å². The van der Waals surface area contributed by atoms with Crippen LogP contribution in [0.15, 0.2) is 24.3 Å². The maximum Gasteiger partial charge on any atom is 0.227 e. The lowest BCUT2D eigenvalue weighted by molar-refractivity contribution is -0.129. The predicted octanol–water partition coefficient (Wildman–Crippen LogP) is 2.41. The van der Waals surface area contributed by atoms with E-state index in [1.54, 1.807) is 0 Å². The Morgan fingerprint density at radius 1 is 1.44 bits per heavy atom. The van der Waals surface area contributed by atoms with E-state index in [2.05, 4.69) is 19.9 Å². The molecule has 1 aromatic carbocycles. The molecule has 1 heterocycles. The van der Waals surface area contributed by atoms with E-state index in [4.69, 9.17) is 0 Å². The normalized spacial score (nSPS) is 20.1. The SMILES string of the molecule is Cc1ccccc1CC(=O)N1CCC(C)C1. The van der Waals surface area contributed by atoms with Gasteiger partial charge in [-0.05, 0) is 30.4 Å². The minimum atomic E-state index is 0.277. The fraction of sp³-hybridized carbons (Fsp3) is 0.500. The Kier molecular flexibility index (Phi) is 3.28. The summed E-state index contributed by atoms with van der Waals surface area (Å²) < 4.78 is 0. The molecule has 0 radical (unpaired) electrons. The first-order valence-electron chi connectivity index (χ1n) is 5.99. The minimum absolute atomic E-state index is 0.277. The van der Waals surface area contributed by atoms with Crippen molar-refractivity contribution in [2.45, 2.75) is 26.7 Å². The Morgan fingerprint density at radius 3 is 2.81 bits per heavy atom. The largest absolute Gasteiger partial charge is 0.342 e. The number of hydrogen-bond donors (Lipinski definition) is 0. The molecule has 1 saturated heterocycles.